The summed E-state index contributed by atoms with van der Waals surface area (Å²) >= 11 is 0. The first-order valence-corrected chi connectivity index (χ1v) is 12.4. The molecule has 0 aliphatic carbocycles. The number of hydrogen-bond donors (Lipinski definition) is 1. The van der Waals surface area contributed by atoms with Crippen LogP contribution in [0.1, 0.15) is 54.8 Å². The summed E-state index contributed by atoms with van der Waals surface area (Å²) in [7, 11) is -1.48. The van der Waals surface area contributed by atoms with E-state index in [1.807, 2.05) is 0 Å². The van der Waals surface area contributed by atoms with Gasteiger partial charge in [0.25, 0.3) is 12.0 Å². The third-order valence-corrected chi connectivity index (χ3v) is 7.98. The van der Waals surface area contributed by atoms with Crippen molar-refractivity contribution in [1.82, 2.24) is 9.55 Å². The van der Waals surface area contributed by atoms with Crippen molar-refractivity contribution >= 4 is 26.6 Å². The number of anilines is 1. The zero-order valence-corrected chi connectivity index (χ0v) is 19.0. The van der Waals surface area contributed by atoms with Gasteiger partial charge in [-0.2, -0.15) is 0 Å². The largest absolute Gasteiger partial charge is 0.378 e. The van der Waals surface area contributed by atoms with Crippen molar-refractivity contribution in [2.24, 2.45) is 7.05 Å². The van der Waals surface area contributed by atoms with E-state index >= 15 is 0 Å². The van der Waals surface area contributed by atoms with Gasteiger partial charge in [0.1, 0.15) is 21.3 Å². The van der Waals surface area contributed by atoms with Gasteiger partial charge in [0, 0.05) is 35.4 Å². The molecule has 1 N–H and O–H groups in total. The van der Waals surface area contributed by atoms with Gasteiger partial charge in [0.05, 0.1) is 23.1 Å². The van der Waals surface area contributed by atoms with Crippen LogP contribution in [0, 0.1) is 5.82 Å². The molecule has 0 spiro atoms. The lowest BCUT2D eigenvalue weighted by Gasteiger charge is -2.23. The second-order valence-electron chi connectivity index (χ2n) is 8.40. The summed E-state index contributed by atoms with van der Waals surface area (Å²) in [6, 6.07) is 6.65. The first kappa shape index (κ1) is 23.3. The highest BCUT2D eigenvalue weighted by Gasteiger charge is 2.28. The quantitative estimate of drug-likeness (QED) is 0.584. The lowest BCUT2D eigenvalue weighted by Crippen LogP contribution is -2.29. The van der Waals surface area contributed by atoms with Gasteiger partial charge in [-0.25, -0.2) is 26.6 Å². The number of nitrogens with one attached hydrogen (secondary N) is 1. The van der Waals surface area contributed by atoms with E-state index in [0.29, 0.717) is 35.1 Å². The Hall–Kier alpha value is -2.88. The number of hydrogen-bond acceptors (Lipinski definition) is 5. The summed E-state index contributed by atoms with van der Waals surface area (Å²) in [5.74, 6) is -1.08. The highest BCUT2D eigenvalue weighted by molar-refractivity contribution is 7.91. The Morgan fingerprint density at radius 2 is 1.82 bits per heavy atom. The summed E-state index contributed by atoms with van der Waals surface area (Å²) in [4.78, 5) is 17.3. The number of rotatable bonds is 5. The Morgan fingerprint density at radius 3 is 2.48 bits per heavy atom. The number of aryl methyl sites for hydroxylation is 1. The molecule has 3 heterocycles. The molecule has 4 rings (SSSR count). The van der Waals surface area contributed by atoms with Crippen LogP contribution in [0.15, 0.2) is 41.3 Å². The van der Waals surface area contributed by atoms with Gasteiger partial charge in [0.2, 0.25) is 0 Å². The predicted octanol–water partition coefficient (Wildman–Crippen LogP) is 4.48. The molecular formula is C23H24F3N3O3S. The lowest BCUT2D eigenvalue weighted by atomic mass is 9.93. The van der Waals surface area contributed by atoms with Gasteiger partial charge in [0.15, 0.2) is 0 Å². The SMILES string of the molecule is C[C@@H](Nc1ccnc2c1cc(C1CCS(=O)(=O)CC1)c(=O)n2C)c1cccc(C(F)F)c1F. The van der Waals surface area contributed by atoms with Crippen LogP contribution in [0.4, 0.5) is 18.9 Å². The van der Waals surface area contributed by atoms with Crippen LogP contribution in [-0.4, -0.2) is 29.5 Å². The third kappa shape index (κ3) is 4.48. The van der Waals surface area contributed by atoms with Crippen LogP contribution in [0.2, 0.25) is 0 Å². The molecule has 1 aliphatic rings. The maximum atomic E-state index is 14.7. The second-order valence-corrected chi connectivity index (χ2v) is 10.7. The molecule has 1 atom stereocenters. The molecule has 2 aromatic heterocycles. The average molecular weight is 480 g/mol. The van der Waals surface area contributed by atoms with Crippen LogP contribution < -0.4 is 10.9 Å². The third-order valence-electron chi connectivity index (χ3n) is 6.26. The van der Waals surface area contributed by atoms with E-state index in [0.717, 1.165) is 6.07 Å². The van der Waals surface area contributed by atoms with Crippen LogP contribution in [0.5, 0.6) is 0 Å². The number of sulfone groups is 1. The highest BCUT2D eigenvalue weighted by Crippen LogP contribution is 2.33. The highest BCUT2D eigenvalue weighted by atomic mass is 32.2. The first-order chi connectivity index (χ1) is 15.6. The molecule has 10 heteroatoms. The van der Waals surface area contributed by atoms with E-state index in [1.165, 1.54) is 22.9 Å². The van der Waals surface area contributed by atoms with Gasteiger partial charge >= 0.3 is 0 Å². The number of fused-ring (bicyclic) bond motifs is 1. The van der Waals surface area contributed by atoms with Crippen molar-refractivity contribution in [2.45, 2.75) is 38.2 Å². The lowest BCUT2D eigenvalue weighted by molar-refractivity contribution is 0.146. The molecule has 3 aromatic rings. The minimum Gasteiger partial charge on any atom is -0.378 e. The molecule has 0 bridgehead atoms. The summed E-state index contributed by atoms with van der Waals surface area (Å²) in [5.41, 5.74) is 0.688. The van der Waals surface area contributed by atoms with E-state index in [-0.39, 0.29) is 28.5 Å². The van der Waals surface area contributed by atoms with Crippen molar-refractivity contribution in [1.29, 1.82) is 0 Å². The molecule has 176 valence electrons. The average Bonchev–Trinajstić information content (AvgIpc) is 2.76. The van der Waals surface area contributed by atoms with E-state index in [2.05, 4.69) is 10.3 Å². The maximum absolute atomic E-state index is 14.7. The van der Waals surface area contributed by atoms with Gasteiger partial charge < -0.3 is 5.32 Å². The normalized spacial score (nSPS) is 17.4. The number of pyridine rings is 2. The van der Waals surface area contributed by atoms with Gasteiger partial charge in [-0.15, -0.1) is 0 Å². The fraction of sp³-hybridized carbons (Fsp3) is 0.391. The number of alkyl halides is 2. The zero-order valence-electron chi connectivity index (χ0n) is 18.2. The van der Waals surface area contributed by atoms with Crippen LogP contribution in [-0.2, 0) is 16.9 Å². The maximum Gasteiger partial charge on any atom is 0.266 e. The molecule has 6 nitrogen and oxygen atoms in total. The number of nitrogens with zero attached hydrogens (tertiary/aromatic N) is 2. The topological polar surface area (TPSA) is 81.1 Å². The Kier molecular flexibility index (Phi) is 6.22. The number of halogens is 3. The molecule has 0 unspecified atom stereocenters. The minimum atomic E-state index is -3.08. The van der Waals surface area contributed by atoms with E-state index in [4.69, 9.17) is 0 Å². The standard InChI is InChI=1S/C23H24F3N3O3S/c1-13(15-4-3-5-16(20(15)24)21(25)26)28-19-6-9-27-22-18(19)12-17(23(30)29(22)2)14-7-10-33(31,32)11-8-14/h3-6,9,12-14,21H,7-8,10-11H2,1-2H3,(H,27,28)/t13-/m1/s1. The van der Waals surface area contributed by atoms with Crippen molar-refractivity contribution < 1.29 is 21.6 Å². The van der Waals surface area contributed by atoms with Crippen LogP contribution >= 0.6 is 0 Å². The Morgan fingerprint density at radius 1 is 1.15 bits per heavy atom. The smallest absolute Gasteiger partial charge is 0.266 e. The molecule has 0 amide bonds. The van der Waals surface area contributed by atoms with Gasteiger partial charge in [-0.05, 0) is 37.8 Å². The molecular weight excluding hydrogens is 455 g/mol. The van der Waals surface area contributed by atoms with E-state index in [1.54, 1.807) is 26.1 Å². The molecule has 1 fully saturated rings. The van der Waals surface area contributed by atoms with Crippen molar-refractivity contribution in [3.05, 3.63) is 69.4 Å². The summed E-state index contributed by atoms with van der Waals surface area (Å²) in [5, 5.41) is 3.77. The Labute approximate surface area is 189 Å². The number of aromatic nitrogens is 2. The fourth-order valence-electron chi connectivity index (χ4n) is 4.38. The molecule has 33 heavy (non-hydrogen) atoms. The molecule has 0 saturated carbocycles. The Bertz CT molecular complexity index is 1360. The van der Waals surface area contributed by atoms with Crippen LogP contribution in [0.3, 0.4) is 0 Å². The van der Waals surface area contributed by atoms with E-state index < -0.39 is 33.7 Å². The number of benzene rings is 1. The minimum absolute atomic E-state index is 0.0355. The summed E-state index contributed by atoms with van der Waals surface area (Å²) in [6.45, 7) is 1.66. The van der Waals surface area contributed by atoms with Gasteiger partial charge in [-0.1, -0.05) is 18.2 Å². The predicted molar refractivity (Wildman–Crippen MR) is 121 cm³/mol. The van der Waals surface area contributed by atoms with Crippen molar-refractivity contribution in [3.8, 4) is 0 Å². The first-order valence-electron chi connectivity index (χ1n) is 10.6. The summed E-state index contributed by atoms with van der Waals surface area (Å²) < 4.78 is 65.9. The van der Waals surface area contributed by atoms with E-state index in [9.17, 15) is 26.4 Å². The Balaban J connectivity index is 1.74. The summed E-state index contributed by atoms with van der Waals surface area (Å²) in [6.07, 6.45) is -0.673. The van der Waals surface area contributed by atoms with Crippen LogP contribution in [0.25, 0.3) is 11.0 Å². The molecule has 1 aliphatic heterocycles. The monoisotopic (exact) mass is 479 g/mol. The molecule has 1 saturated heterocycles. The fourth-order valence-corrected chi connectivity index (χ4v) is 5.87. The van der Waals surface area contributed by atoms with Gasteiger partial charge in [-0.3, -0.25) is 9.36 Å². The zero-order chi connectivity index (χ0) is 23.9. The molecule has 0 radical (unpaired) electrons. The van der Waals surface area contributed by atoms with Crippen molar-refractivity contribution in [2.75, 3.05) is 16.8 Å². The second kappa shape index (κ2) is 8.81. The van der Waals surface area contributed by atoms with Crippen molar-refractivity contribution in [3.63, 3.8) is 0 Å². The molecule has 1 aromatic carbocycles.